The van der Waals surface area contributed by atoms with Crippen LogP contribution in [0.25, 0.3) is 0 Å². The topological polar surface area (TPSA) is 60.4 Å². The molecule has 4 nitrogen and oxygen atoms in total. The number of Topliss-reactive ketones (excluding diaryl/α,β-unsaturated/α-hetero) is 2. The summed E-state index contributed by atoms with van der Waals surface area (Å²) < 4.78 is 4.84. The first-order valence-corrected chi connectivity index (χ1v) is 5.59. The van der Waals surface area contributed by atoms with Crippen LogP contribution in [0.3, 0.4) is 0 Å². The van der Waals surface area contributed by atoms with E-state index >= 15 is 0 Å². The van der Waals surface area contributed by atoms with Gasteiger partial charge in [0.15, 0.2) is 0 Å². The molecular formula is C12H20O4. The molecule has 16 heavy (non-hydrogen) atoms. The normalized spacial score (nSPS) is 12.3. The summed E-state index contributed by atoms with van der Waals surface area (Å²) in [5.41, 5.74) is 0. The molecule has 1 atom stereocenters. The number of ether oxygens (including phenoxy) is 1. The summed E-state index contributed by atoms with van der Waals surface area (Å²) in [6.07, 6.45) is 0.493. The molecule has 4 heteroatoms. The van der Waals surface area contributed by atoms with Crippen LogP contribution in [0.2, 0.25) is 0 Å². The third kappa shape index (κ3) is 5.05. The summed E-state index contributed by atoms with van der Waals surface area (Å²) in [4.78, 5) is 34.2. The van der Waals surface area contributed by atoms with Crippen LogP contribution >= 0.6 is 0 Å². The molecule has 0 aliphatic carbocycles. The summed E-state index contributed by atoms with van der Waals surface area (Å²) in [6.45, 7) is 6.87. The Hall–Kier alpha value is -1.19. The SMILES string of the molecule is CCOC(=O)C(CCC(C)=O)C(=O)C(C)C. The molecule has 0 aliphatic rings. The van der Waals surface area contributed by atoms with Crippen molar-refractivity contribution in [3.63, 3.8) is 0 Å². The number of rotatable bonds is 7. The van der Waals surface area contributed by atoms with Gasteiger partial charge in [-0.15, -0.1) is 0 Å². The molecule has 0 aromatic rings. The second-order valence-electron chi connectivity index (χ2n) is 4.10. The molecule has 92 valence electrons. The molecule has 0 spiro atoms. The second-order valence-corrected chi connectivity index (χ2v) is 4.10. The van der Waals surface area contributed by atoms with Crippen molar-refractivity contribution in [2.75, 3.05) is 6.61 Å². The van der Waals surface area contributed by atoms with Crippen molar-refractivity contribution in [1.29, 1.82) is 0 Å². The van der Waals surface area contributed by atoms with E-state index < -0.39 is 11.9 Å². The van der Waals surface area contributed by atoms with Crippen LogP contribution in [0, 0.1) is 11.8 Å². The minimum atomic E-state index is -0.788. The van der Waals surface area contributed by atoms with Gasteiger partial charge in [-0.1, -0.05) is 13.8 Å². The Balaban J connectivity index is 4.56. The van der Waals surface area contributed by atoms with Gasteiger partial charge in [0.25, 0.3) is 0 Å². The maximum absolute atomic E-state index is 11.8. The monoisotopic (exact) mass is 228 g/mol. The number of hydrogen-bond donors (Lipinski definition) is 0. The van der Waals surface area contributed by atoms with Crippen LogP contribution in [-0.4, -0.2) is 24.1 Å². The Bertz CT molecular complexity index is 268. The molecule has 0 aromatic carbocycles. The smallest absolute Gasteiger partial charge is 0.316 e. The van der Waals surface area contributed by atoms with Gasteiger partial charge in [-0.3, -0.25) is 9.59 Å². The van der Waals surface area contributed by atoms with E-state index in [2.05, 4.69) is 0 Å². The maximum Gasteiger partial charge on any atom is 0.316 e. The van der Waals surface area contributed by atoms with Crippen molar-refractivity contribution in [3.8, 4) is 0 Å². The van der Waals surface area contributed by atoms with Gasteiger partial charge in [-0.05, 0) is 20.3 Å². The van der Waals surface area contributed by atoms with E-state index in [1.54, 1.807) is 20.8 Å². The molecule has 0 amide bonds. The van der Waals surface area contributed by atoms with E-state index in [1.165, 1.54) is 6.92 Å². The Kier molecular flexibility index (Phi) is 6.61. The third-order valence-electron chi connectivity index (χ3n) is 2.27. The first kappa shape index (κ1) is 14.8. The van der Waals surface area contributed by atoms with Crippen LogP contribution in [0.4, 0.5) is 0 Å². The predicted molar refractivity (Wildman–Crippen MR) is 59.9 cm³/mol. The molecule has 0 N–H and O–H groups in total. The molecule has 0 saturated heterocycles. The van der Waals surface area contributed by atoms with Crippen LogP contribution in [0.1, 0.15) is 40.5 Å². The maximum atomic E-state index is 11.8. The van der Waals surface area contributed by atoms with Crippen molar-refractivity contribution in [2.45, 2.75) is 40.5 Å². The Labute approximate surface area is 96.4 Å². The second kappa shape index (κ2) is 7.14. The molecule has 1 unspecified atom stereocenters. The first-order valence-electron chi connectivity index (χ1n) is 5.59. The fourth-order valence-electron chi connectivity index (χ4n) is 1.37. The quantitative estimate of drug-likeness (QED) is 0.492. The molecule has 0 heterocycles. The lowest BCUT2D eigenvalue weighted by Crippen LogP contribution is -2.29. The van der Waals surface area contributed by atoms with E-state index in [9.17, 15) is 14.4 Å². The zero-order valence-corrected chi connectivity index (χ0v) is 10.4. The fraction of sp³-hybridized carbons (Fsp3) is 0.750. The van der Waals surface area contributed by atoms with Crippen molar-refractivity contribution < 1.29 is 19.1 Å². The predicted octanol–water partition coefficient (Wildman–Crippen LogP) is 1.76. The summed E-state index contributed by atoms with van der Waals surface area (Å²) in [6, 6.07) is 0. The number of carbonyl (C=O) groups excluding carboxylic acids is 3. The average Bonchev–Trinajstić information content (AvgIpc) is 2.17. The minimum absolute atomic E-state index is 0.0224. The molecule has 0 fully saturated rings. The molecule has 0 saturated carbocycles. The zero-order valence-electron chi connectivity index (χ0n) is 10.4. The van der Waals surface area contributed by atoms with Crippen molar-refractivity contribution >= 4 is 17.5 Å². The van der Waals surface area contributed by atoms with Crippen LogP contribution in [-0.2, 0) is 19.1 Å². The molecule has 0 radical (unpaired) electrons. The van der Waals surface area contributed by atoms with E-state index in [1.807, 2.05) is 0 Å². The highest BCUT2D eigenvalue weighted by Gasteiger charge is 2.29. The van der Waals surface area contributed by atoms with Gasteiger partial charge >= 0.3 is 5.97 Å². The minimum Gasteiger partial charge on any atom is -0.465 e. The molecule has 0 bridgehead atoms. The van der Waals surface area contributed by atoms with Gasteiger partial charge in [0.2, 0.25) is 0 Å². The van der Waals surface area contributed by atoms with Crippen LogP contribution in [0.15, 0.2) is 0 Å². The lowest BCUT2D eigenvalue weighted by atomic mass is 9.91. The lowest BCUT2D eigenvalue weighted by molar-refractivity contribution is -0.152. The summed E-state index contributed by atoms with van der Waals surface area (Å²) >= 11 is 0. The van der Waals surface area contributed by atoms with E-state index in [4.69, 9.17) is 4.74 Å². The molecular weight excluding hydrogens is 208 g/mol. The Morgan fingerprint density at radius 1 is 1.19 bits per heavy atom. The van der Waals surface area contributed by atoms with Gasteiger partial charge < -0.3 is 9.53 Å². The number of carbonyl (C=O) groups is 3. The highest BCUT2D eigenvalue weighted by molar-refractivity contribution is 6.00. The Morgan fingerprint density at radius 3 is 2.12 bits per heavy atom. The van der Waals surface area contributed by atoms with Gasteiger partial charge in [-0.25, -0.2) is 0 Å². The van der Waals surface area contributed by atoms with E-state index in [0.29, 0.717) is 0 Å². The van der Waals surface area contributed by atoms with Gasteiger partial charge in [0.1, 0.15) is 17.5 Å². The average molecular weight is 228 g/mol. The zero-order chi connectivity index (χ0) is 12.7. The summed E-state index contributed by atoms with van der Waals surface area (Å²) in [5.74, 6) is -1.70. The third-order valence-corrected chi connectivity index (χ3v) is 2.27. The number of hydrogen-bond acceptors (Lipinski definition) is 4. The summed E-state index contributed by atoms with van der Waals surface area (Å²) in [7, 11) is 0. The highest BCUT2D eigenvalue weighted by atomic mass is 16.5. The Morgan fingerprint density at radius 2 is 1.75 bits per heavy atom. The number of esters is 1. The summed E-state index contributed by atoms with van der Waals surface area (Å²) in [5, 5.41) is 0. The standard InChI is InChI=1S/C12H20O4/c1-5-16-12(15)10(7-6-9(4)13)11(14)8(2)3/h8,10H,5-7H2,1-4H3. The van der Waals surface area contributed by atoms with E-state index in [-0.39, 0.29) is 36.9 Å². The largest absolute Gasteiger partial charge is 0.465 e. The van der Waals surface area contributed by atoms with Crippen molar-refractivity contribution in [1.82, 2.24) is 0 Å². The van der Waals surface area contributed by atoms with Gasteiger partial charge in [0.05, 0.1) is 6.61 Å². The fourth-order valence-corrected chi connectivity index (χ4v) is 1.37. The lowest BCUT2D eigenvalue weighted by Gasteiger charge is -2.15. The molecule has 0 aliphatic heterocycles. The molecule has 0 aromatic heterocycles. The molecule has 0 rings (SSSR count). The highest BCUT2D eigenvalue weighted by Crippen LogP contribution is 2.15. The van der Waals surface area contributed by atoms with Gasteiger partial charge in [0, 0.05) is 12.3 Å². The van der Waals surface area contributed by atoms with E-state index in [0.717, 1.165) is 0 Å². The van der Waals surface area contributed by atoms with Crippen LogP contribution < -0.4 is 0 Å². The van der Waals surface area contributed by atoms with Gasteiger partial charge in [-0.2, -0.15) is 0 Å². The number of ketones is 2. The van der Waals surface area contributed by atoms with Crippen LogP contribution in [0.5, 0.6) is 0 Å². The van der Waals surface area contributed by atoms with Crippen molar-refractivity contribution in [3.05, 3.63) is 0 Å². The van der Waals surface area contributed by atoms with Crippen molar-refractivity contribution in [2.24, 2.45) is 11.8 Å². The first-order chi connectivity index (χ1) is 7.40.